The van der Waals surface area contributed by atoms with E-state index in [-0.39, 0.29) is 6.04 Å². The molecule has 1 unspecified atom stereocenters. The molecule has 3 aromatic carbocycles. The minimum atomic E-state index is 0.117. The molecule has 5 rings (SSSR count). The van der Waals surface area contributed by atoms with E-state index in [0.29, 0.717) is 13.2 Å². The highest BCUT2D eigenvalue weighted by molar-refractivity contribution is 6.03. The first-order chi connectivity index (χ1) is 14.3. The van der Waals surface area contributed by atoms with Gasteiger partial charge in [-0.15, -0.1) is 0 Å². The van der Waals surface area contributed by atoms with E-state index in [4.69, 9.17) is 19.3 Å². The molecule has 0 radical (unpaired) electrons. The van der Waals surface area contributed by atoms with Crippen molar-refractivity contribution in [2.45, 2.75) is 12.5 Å². The summed E-state index contributed by atoms with van der Waals surface area (Å²) in [6.45, 7) is 1.17. The highest BCUT2D eigenvalue weighted by Crippen LogP contribution is 2.39. The summed E-state index contributed by atoms with van der Waals surface area (Å²) in [7, 11) is 1.68. The first-order valence-electron chi connectivity index (χ1n) is 9.77. The zero-order chi connectivity index (χ0) is 19.6. The van der Waals surface area contributed by atoms with Gasteiger partial charge in [-0.25, -0.2) is 0 Å². The number of para-hydroxylation sites is 1. The Morgan fingerprint density at radius 2 is 1.66 bits per heavy atom. The maximum atomic E-state index is 5.76. The molecule has 0 N–H and O–H groups in total. The Kier molecular flexibility index (Phi) is 4.56. The monoisotopic (exact) mass is 386 g/mol. The number of hydrazone groups is 1. The van der Waals surface area contributed by atoms with Crippen LogP contribution in [0, 0.1) is 0 Å². The minimum Gasteiger partial charge on any atom is -0.497 e. The Balaban J connectivity index is 1.51. The van der Waals surface area contributed by atoms with Crippen LogP contribution in [0.3, 0.4) is 0 Å². The van der Waals surface area contributed by atoms with Crippen LogP contribution in [0.25, 0.3) is 0 Å². The fourth-order valence-electron chi connectivity index (χ4n) is 3.81. The van der Waals surface area contributed by atoms with Crippen molar-refractivity contribution in [2.75, 3.05) is 25.3 Å². The Hall–Kier alpha value is -3.47. The van der Waals surface area contributed by atoms with Crippen LogP contribution in [-0.2, 0) is 0 Å². The summed E-state index contributed by atoms with van der Waals surface area (Å²) in [6.07, 6.45) is 0.806. The molecule has 5 nitrogen and oxygen atoms in total. The Morgan fingerprint density at radius 1 is 0.897 bits per heavy atom. The van der Waals surface area contributed by atoms with Gasteiger partial charge in [0.1, 0.15) is 19.0 Å². The lowest BCUT2D eigenvalue weighted by Crippen LogP contribution is -2.18. The lowest BCUT2D eigenvalue weighted by atomic mass is 9.98. The molecule has 29 heavy (non-hydrogen) atoms. The van der Waals surface area contributed by atoms with Gasteiger partial charge < -0.3 is 14.2 Å². The number of ether oxygens (including phenoxy) is 3. The summed E-state index contributed by atoms with van der Waals surface area (Å²) in [5, 5.41) is 7.11. The number of methoxy groups -OCH3 is 1. The summed E-state index contributed by atoms with van der Waals surface area (Å²) in [5.41, 5.74) is 4.37. The van der Waals surface area contributed by atoms with Crippen LogP contribution < -0.4 is 19.2 Å². The van der Waals surface area contributed by atoms with E-state index in [1.54, 1.807) is 7.11 Å². The molecule has 0 saturated carbocycles. The third-order valence-corrected chi connectivity index (χ3v) is 5.31. The number of hydrogen-bond donors (Lipinski definition) is 0. The van der Waals surface area contributed by atoms with Crippen molar-refractivity contribution in [1.29, 1.82) is 0 Å². The summed E-state index contributed by atoms with van der Waals surface area (Å²) in [6, 6.07) is 24.7. The van der Waals surface area contributed by atoms with Gasteiger partial charge in [-0.1, -0.05) is 30.3 Å². The lowest BCUT2D eigenvalue weighted by Gasteiger charge is -2.24. The molecule has 1 atom stereocenters. The lowest BCUT2D eigenvalue weighted by molar-refractivity contribution is 0.171. The van der Waals surface area contributed by atoms with Gasteiger partial charge in [0, 0.05) is 12.0 Å². The quantitative estimate of drug-likeness (QED) is 0.645. The average Bonchev–Trinajstić information content (AvgIpc) is 3.25. The number of hydrogen-bond acceptors (Lipinski definition) is 5. The highest BCUT2D eigenvalue weighted by atomic mass is 16.6. The summed E-state index contributed by atoms with van der Waals surface area (Å²) in [5.74, 6) is 2.44. The Morgan fingerprint density at radius 3 is 2.41 bits per heavy atom. The topological polar surface area (TPSA) is 43.3 Å². The molecule has 2 heterocycles. The second kappa shape index (κ2) is 7.51. The molecule has 0 fully saturated rings. The van der Waals surface area contributed by atoms with E-state index in [2.05, 4.69) is 35.3 Å². The second-order valence-corrected chi connectivity index (χ2v) is 7.08. The van der Waals surface area contributed by atoms with E-state index in [9.17, 15) is 0 Å². The van der Waals surface area contributed by atoms with Crippen LogP contribution in [0.1, 0.15) is 23.6 Å². The molecular weight excluding hydrogens is 364 g/mol. The number of nitrogens with zero attached hydrogens (tertiary/aromatic N) is 2. The molecular formula is C24H22N2O3. The fourth-order valence-corrected chi connectivity index (χ4v) is 3.81. The molecule has 3 aromatic rings. The number of benzene rings is 3. The van der Waals surface area contributed by atoms with E-state index in [1.165, 1.54) is 5.56 Å². The van der Waals surface area contributed by atoms with E-state index in [1.807, 2.05) is 42.5 Å². The van der Waals surface area contributed by atoms with Gasteiger partial charge in [0.15, 0.2) is 11.5 Å². The molecule has 2 aliphatic rings. The molecule has 0 saturated heterocycles. The fraction of sp³-hybridized carbons (Fsp3) is 0.208. The van der Waals surface area contributed by atoms with Gasteiger partial charge >= 0.3 is 0 Å². The average molecular weight is 386 g/mol. The van der Waals surface area contributed by atoms with Crippen molar-refractivity contribution >= 4 is 11.4 Å². The normalized spacial score (nSPS) is 17.8. The maximum Gasteiger partial charge on any atom is 0.162 e. The molecule has 0 spiro atoms. The second-order valence-electron chi connectivity index (χ2n) is 7.08. The number of anilines is 1. The summed E-state index contributed by atoms with van der Waals surface area (Å²) < 4.78 is 16.7. The molecule has 0 aliphatic carbocycles. The molecule has 146 valence electrons. The molecule has 2 aliphatic heterocycles. The van der Waals surface area contributed by atoms with Crippen LogP contribution >= 0.6 is 0 Å². The zero-order valence-corrected chi connectivity index (χ0v) is 16.2. The first kappa shape index (κ1) is 17.6. The number of fused-ring (bicyclic) bond motifs is 1. The molecule has 0 amide bonds. The van der Waals surface area contributed by atoms with Crippen LogP contribution in [0.15, 0.2) is 77.9 Å². The summed E-state index contributed by atoms with van der Waals surface area (Å²) in [4.78, 5) is 0. The SMILES string of the molecule is COc1ccc(C2CC(c3ccc4c(c3)OCCO4)=NN2c2ccccc2)cc1. The van der Waals surface area contributed by atoms with Crippen LogP contribution in [0.4, 0.5) is 5.69 Å². The molecule has 5 heteroatoms. The largest absolute Gasteiger partial charge is 0.497 e. The van der Waals surface area contributed by atoms with Gasteiger partial charge in [0.2, 0.25) is 0 Å². The van der Waals surface area contributed by atoms with E-state index in [0.717, 1.165) is 40.6 Å². The van der Waals surface area contributed by atoms with Crippen molar-refractivity contribution in [2.24, 2.45) is 5.10 Å². The Bertz CT molecular complexity index is 1030. The van der Waals surface area contributed by atoms with Crippen molar-refractivity contribution in [1.82, 2.24) is 0 Å². The van der Waals surface area contributed by atoms with Gasteiger partial charge in [-0.05, 0) is 48.0 Å². The maximum absolute atomic E-state index is 5.76. The molecule has 0 aromatic heterocycles. The smallest absolute Gasteiger partial charge is 0.162 e. The number of rotatable bonds is 4. The third-order valence-electron chi connectivity index (χ3n) is 5.31. The first-order valence-corrected chi connectivity index (χ1v) is 9.77. The Labute approximate surface area is 170 Å². The standard InChI is InChI=1S/C24H22N2O3/c1-27-20-10-7-17(8-11-20)22-16-21(25-26(22)19-5-3-2-4-6-19)18-9-12-23-24(15-18)29-14-13-28-23/h2-12,15,22H,13-14,16H2,1H3. The van der Waals surface area contributed by atoms with E-state index < -0.39 is 0 Å². The minimum absolute atomic E-state index is 0.117. The van der Waals surface area contributed by atoms with E-state index >= 15 is 0 Å². The zero-order valence-electron chi connectivity index (χ0n) is 16.2. The van der Waals surface area contributed by atoms with Gasteiger partial charge in [0.05, 0.1) is 24.6 Å². The van der Waals surface area contributed by atoms with Crippen molar-refractivity contribution in [3.8, 4) is 17.2 Å². The third kappa shape index (κ3) is 3.40. The predicted molar refractivity (Wildman–Crippen MR) is 113 cm³/mol. The van der Waals surface area contributed by atoms with Gasteiger partial charge in [-0.3, -0.25) is 5.01 Å². The van der Waals surface area contributed by atoms with Crippen LogP contribution in [-0.4, -0.2) is 26.0 Å². The van der Waals surface area contributed by atoms with Crippen molar-refractivity contribution < 1.29 is 14.2 Å². The van der Waals surface area contributed by atoms with Gasteiger partial charge in [0.25, 0.3) is 0 Å². The van der Waals surface area contributed by atoms with Crippen LogP contribution in [0.5, 0.6) is 17.2 Å². The summed E-state index contributed by atoms with van der Waals surface area (Å²) >= 11 is 0. The highest BCUT2D eigenvalue weighted by Gasteiger charge is 2.30. The van der Waals surface area contributed by atoms with Crippen molar-refractivity contribution in [3.05, 3.63) is 83.9 Å². The molecule has 0 bridgehead atoms. The predicted octanol–water partition coefficient (Wildman–Crippen LogP) is 4.82. The van der Waals surface area contributed by atoms with Crippen molar-refractivity contribution in [3.63, 3.8) is 0 Å². The van der Waals surface area contributed by atoms with Gasteiger partial charge in [-0.2, -0.15) is 5.10 Å². The van der Waals surface area contributed by atoms with Crippen LogP contribution in [0.2, 0.25) is 0 Å².